The first-order valence-corrected chi connectivity index (χ1v) is 8.43. The summed E-state index contributed by atoms with van der Waals surface area (Å²) in [5, 5.41) is 0. The maximum atomic E-state index is 4.18. The fourth-order valence-corrected chi connectivity index (χ4v) is 4.83. The molecule has 0 aliphatic heterocycles. The number of fused-ring (bicyclic) bond motifs is 7. The predicted octanol–water partition coefficient (Wildman–Crippen LogP) is 5.97. The highest BCUT2D eigenvalue weighted by molar-refractivity contribution is 5.94. The van der Waals surface area contributed by atoms with Crippen molar-refractivity contribution in [1.82, 2.24) is 0 Å². The smallest absolute Gasteiger partial charge is 0.0721 e. The molecule has 0 atom stereocenters. The van der Waals surface area contributed by atoms with E-state index in [0.717, 1.165) is 0 Å². The van der Waals surface area contributed by atoms with Crippen molar-refractivity contribution in [3.8, 4) is 11.1 Å². The van der Waals surface area contributed by atoms with E-state index >= 15 is 0 Å². The summed E-state index contributed by atoms with van der Waals surface area (Å²) in [6.07, 6.45) is 2.06. The minimum absolute atomic E-state index is 0.213. The van der Waals surface area contributed by atoms with Crippen molar-refractivity contribution in [3.05, 3.63) is 113 Å². The zero-order valence-corrected chi connectivity index (χ0v) is 13.7. The topological polar surface area (TPSA) is 0 Å². The number of rotatable bonds is 1. The first-order valence-electron chi connectivity index (χ1n) is 8.43. The Morgan fingerprint density at radius 3 is 1.58 bits per heavy atom. The average Bonchev–Trinajstić information content (AvgIpc) is 3.08. The molecule has 2 aliphatic rings. The van der Waals surface area contributed by atoms with Crippen LogP contribution >= 0.6 is 0 Å². The maximum Gasteiger partial charge on any atom is 0.0721 e. The van der Waals surface area contributed by atoms with Crippen LogP contribution in [-0.2, 0) is 5.41 Å². The quantitative estimate of drug-likeness (QED) is 0.519. The Morgan fingerprint density at radius 1 is 0.667 bits per heavy atom. The van der Waals surface area contributed by atoms with Crippen molar-refractivity contribution in [2.75, 3.05) is 0 Å². The predicted molar refractivity (Wildman–Crippen MR) is 101 cm³/mol. The van der Waals surface area contributed by atoms with Crippen LogP contribution in [0.4, 0.5) is 0 Å². The van der Waals surface area contributed by atoms with E-state index in [-0.39, 0.29) is 5.41 Å². The third kappa shape index (κ3) is 1.36. The van der Waals surface area contributed by atoms with Crippen LogP contribution in [0, 0.1) is 0 Å². The molecule has 0 amide bonds. The molecule has 0 saturated carbocycles. The maximum absolute atomic E-state index is 4.18. The van der Waals surface area contributed by atoms with Crippen molar-refractivity contribution in [2.24, 2.45) is 0 Å². The summed E-state index contributed by atoms with van der Waals surface area (Å²) in [5.41, 5.74) is 10.6. The average molecular weight is 306 g/mol. The molecule has 0 saturated heterocycles. The summed E-state index contributed by atoms with van der Waals surface area (Å²) in [6, 6.07) is 26.5. The second-order valence-corrected chi connectivity index (χ2v) is 6.63. The third-order valence-electron chi connectivity index (χ3n) is 5.70. The molecule has 0 fully saturated rings. The molecule has 114 valence electrons. The summed E-state index contributed by atoms with van der Waals surface area (Å²) in [6.45, 7) is 6.41. The summed E-state index contributed by atoms with van der Waals surface area (Å²) >= 11 is 0. The van der Waals surface area contributed by atoms with Gasteiger partial charge in [0.05, 0.1) is 5.41 Å². The highest BCUT2D eigenvalue weighted by Crippen LogP contribution is 2.61. The van der Waals surface area contributed by atoms with Gasteiger partial charge < -0.3 is 0 Å². The van der Waals surface area contributed by atoms with E-state index in [0.29, 0.717) is 0 Å². The Labute approximate surface area is 142 Å². The number of allylic oxidation sites excluding steroid dienone is 3. The van der Waals surface area contributed by atoms with Crippen LogP contribution in [0.5, 0.6) is 0 Å². The van der Waals surface area contributed by atoms with Crippen LogP contribution in [0.3, 0.4) is 0 Å². The summed E-state index contributed by atoms with van der Waals surface area (Å²) < 4.78 is 0. The monoisotopic (exact) mass is 306 g/mol. The number of benzene rings is 3. The van der Waals surface area contributed by atoms with Crippen molar-refractivity contribution < 1.29 is 0 Å². The van der Waals surface area contributed by atoms with Gasteiger partial charge in [-0.1, -0.05) is 85.5 Å². The normalized spacial score (nSPS) is 16.0. The van der Waals surface area contributed by atoms with Crippen LogP contribution in [-0.4, -0.2) is 0 Å². The molecule has 1 spiro atoms. The van der Waals surface area contributed by atoms with Gasteiger partial charge in [0.15, 0.2) is 0 Å². The molecule has 0 heteroatoms. The van der Waals surface area contributed by atoms with Crippen molar-refractivity contribution in [1.29, 1.82) is 0 Å². The molecule has 0 radical (unpaired) electrons. The van der Waals surface area contributed by atoms with Gasteiger partial charge in [0.2, 0.25) is 0 Å². The van der Waals surface area contributed by atoms with E-state index in [1.165, 1.54) is 44.5 Å². The van der Waals surface area contributed by atoms with Gasteiger partial charge in [0.1, 0.15) is 0 Å². The van der Waals surface area contributed by atoms with Crippen molar-refractivity contribution in [2.45, 2.75) is 12.3 Å². The first kappa shape index (κ1) is 13.6. The van der Waals surface area contributed by atoms with Gasteiger partial charge in [-0.15, -0.1) is 0 Å². The van der Waals surface area contributed by atoms with Crippen molar-refractivity contribution in [3.63, 3.8) is 0 Å². The van der Waals surface area contributed by atoms with Crippen LogP contribution in [0.1, 0.15) is 29.2 Å². The summed E-state index contributed by atoms with van der Waals surface area (Å²) in [4.78, 5) is 0. The lowest BCUT2D eigenvalue weighted by Crippen LogP contribution is -2.26. The Morgan fingerprint density at radius 2 is 1.08 bits per heavy atom. The molecule has 24 heavy (non-hydrogen) atoms. The van der Waals surface area contributed by atoms with E-state index in [9.17, 15) is 0 Å². The van der Waals surface area contributed by atoms with Crippen LogP contribution < -0.4 is 0 Å². The van der Waals surface area contributed by atoms with E-state index in [1.54, 1.807) is 0 Å². The Kier molecular flexibility index (Phi) is 2.59. The van der Waals surface area contributed by atoms with E-state index in [4.69, 9.17) is 0 Å². The van der Waals surface area contributed by atoms with E-state index in [2.05, 4.69) is 92.4 Å². The standard InChI is InChI=1S/C24H18/c1-3-20-16(2)17-10-4-7-13-21(17)24(20)22-14-8-5-11-18(22)19-12-6-9-15-23(19)24/h3-15H,1H2,2H3. The highest BCUT2D eigenvalue weighted by atomic mass is 14.5. The Balaban J connectivity index is 2.03. The Bertz CT molecular complexity index is 988. The first-order chi connectivity index (χ1) is 11.8. The summed E-state index contributed by atoms with van der Waals surface area (Å²) in [5.74, 6) is 0. The SMILES string of the molecule is C=CC1=C(C)c2ccccc2C12c1ccccc1-c1ccccc12. The van der Waals surface area contributed by atoms with Crippen LogP contribution in [0.25, 0.3) is 16.7 Å². The molecule has 0 unspecified atom stereocenters. The number of hydrogen-bond donors (Lipinski definition) is 0. The minimum atomic E-state index is -0.213. The second-order valence-electron chi connectivity index (χ2n) is 6.63. The molecule has 5 rings (SSSR count). The molecule has 0 heterocycles. The van der Waals surface area contributed by atoms with Gasteiger partial charge in [-0.3, -0.25) is 0 Å². The largest absolute Gasteiger partial charge is 0.0987 e. The van der Waals surface area contributed by atoms with Gasteiger partial charge in [0.25, 0.3) is 0 Å². The zero-order chi connectivity index (χ0) is 16.3. The lowest BCUT2D eigenvalue weighted by molar-refractivity contribution is 0.786. The van der Waals surface area contributed by atoms with Crippen LogP contribution in [0.15, 0.2) is 91.0 Å². The molecule has 3 aromatic rings. The second kappa shape index (κ2) is 4.58. The summed E-state index contributed by atoms with van der Waals surface area (Å²) in [7, 11) is 0. The van der Waals surface area contributed by atoms with E-state index < -0.39 is 0 Å². The lowest BCUT2D eigenvalue weighted by atomic mass is 9.69. The van der Waals surface area contributed by atoms with Gasteiger partial charge in [0, 0.05) is 0 Å². The molecular formula is C24H18. The molecule has 2 aliphatic carbocycles. The Hall–Kier alpha value is -2.86. The highest BCUT2D eigenvalue weighted by Gasteiger charge is 2.50. The zero-order valence-electron chi connectivity index (χ0n) is 13.7. The van der Waals surface area contributed by atoms with Crippen LogP contribution in [0.2, 0.25) is 0 Å². The molecule has 3 aromatic carbocycles. The fourth-order valence-electron chi connectivity index (χ4n) is 4.83. The molecule has 0 nitrogen and oxygen atoms in total. The van der Waals surface area contributed by atoms with Gasteiger partial charge in [-0.25, -0.2) is 0 Å². The van der Waals surface area contributed by atoms with Gasteiger partial charge in [-0.2, -0.15) is 0 Å². The van der Waals surface area contributed by atoms with Gasteiger partial charge >= 0.3 is 0 Å². The third-order valence-corrected chi connectivity index (χ3v) is 5.70. The molecular weight excluding hydrogens is 288 g/mol. The minimum Gasteiger partial charge on any atom is -0.0987 e. The van der Waals surface area contributed by atoms with Gasteiger partial charge in [-0.05, 0) is 51.5 Å². The molecule has 0 aromatic heterocycles. The van der Waals surface area contributed by atoms with Crippen molar-refractivity contribution >= 4 is 5.57 Å². The van der Waals surface area contributed by atoms with E-state index in [1.807, 2.05) is 0 Å². The lowest BCUT2D eigenvalue weighted by Gasteiger charge is -2.31. The molecule has 0 bridgehead atoms. The fraction of sp³-hybridized carbons (Fsp3) is 0.0833. The molecule has 0 N–H and O–H groups in total. The number of hydrogen-bond acceptors (Lipinski definition) is 0.